The number of fused-ring (bicyclic) bond motifs is 1. The van der Waals surface area contributed by atoms with E-state index in [2.05, 4.69) is 17.9 Å². The average Bonchev–Trinajstić information content (AvgIpc) is 3.27. The molecule has 3 heteroatoms. The molecule has 3 nitrogen and oxygen atoms in total. The van der Waals surface area contributed by atoms with E-state index in [1.165, 1.54) is 48.9 Å². The van der Waals surface area contributed by atoms with Gasteiger partial charge in [-0.25, -0.2) is 4.98 Å². The normalized spacial score (nSPS) is 18.2. The molecule has 0 aromatic carbocycles. The zero-order valence-corrected chi connectivity index (χ0v) is 12.0. The number of nitrogens with zero attached hydrogens (tertiary/aromatic N) is 2. The highest BCUT2D eigenvalue weighted by Crippen LogP contribution is 2.33. The van der Waals surface area contributed by atoms with E-state index in [9.17, 15) is 0 Å². The van der Waals surface area contributed by atoms with Crippen LogP contribution in [-0.4, -0.2) is 18.1 Å². The summed E-state index contributed by atoms with van der Waals surface area (Å²) in [4.78, 5) is 7.42. The molecule has 1 fully saturated rings. The third kappa shape index (κ3) is 2.76. The van der Waals surface area contributed by atoms with E-state index in [4.69, 9.17) is 10.7 Å². The molecule has 1 aromatic heterocycles. The van der Waals surface area contributed by atoms with Crippen LogP contribution in [0.3, 0.4) is 0 Å². The number of rotatable bonds is 5. The molecule has 104 valence electrons. The predicted octanol–water partition coefficient (Wildman–Crippen LogP) is 2.66. The maximum atomic E-state index is 5.96. The maximum Gasteiger partial charge on any atom is 0.133 e. The highest BCUT2D eigenvalue weighted by molar-refractivity contribution is 5.50. The summed E-state index contributed by atoms with van der Waals surface area (Å²) >= 11 is 0. The Kier molecular flexibility index (Phi) is 3.74. The molecular weight excluding hydrogens is 234 g/mol. The number of aryl methyl sites for hydroxylation is 2. The van der Waals surface area contributed by atoms with Crippen molar-refractivity contribution in [3.8, 4) is 0 Å². The van der Waals surface area contributed by atoms with Gasteiger partial charge in [0, 0.05) is 30.9 Å². The smallest absolute Gasteiger partial charge is 0.133 e. The molecule has 0 radical (unpaired) electrons. The molecule has 19 heavy (non-hydrogen) atoms. The van der Waals surface area contributed by atoms with Gasteiger partial charge in [0.05, 0.1) is 0 Å². The van der Waals surface area contributed by atoms with Gasteiger partial charge in [-0.3, -0.25) is 0 Å². The first-order valence-electron chi connectivity index (χ1n) is 7.78. The average molecular weight is 259 g/mol. The second-order valence-corrected chi connectivity index (χ2v) is 5.97. The fraction of sp³-hybridized carbons (Fsp3) is 0.688. The van der Waals surface area contributed by atoms with Crippen molar-refractivity contribution >= 4 is 5.82 Å². The summed E-state index contributed by atoms with van der Waals surface area (Å²) in [6.45, 7) is 5.03. The second-order valence-electron chi connectivity index (χ2n) is 5.97. The van der Waals surface area contributed by atoms with Crippen molar-refractivity contribution < 1.29 is 0 Å². The van der Waals surface area contributed by atoms with Crippen LogP contribution in [0.4, 0.5) is 5.82 Å². The van der Waals surface area contributed by atoms with E-state index in [1.807, 2.05) is 0 Å². The molecule has 2 N–H and O–H groups in total. The molecule has 2 aliphatic rings. The Balaban J connectivity index is 1.92. The summed E-state index contributed by atoms with van der Waals surface area (Å²) in [5, 5.41) is 0. The fourth-order valence-corrected chi connectivity index (χ4v) is 3.07. The summed E-state index contributed by atoms with van der Waals surface area (Å²) in [5.74, 6) is 2.06. The van der Waals surface area contributed by atoms with Crippen LogP contribution in [0.2, 0.25) is 0 Å². The van der Waals surface area contributed by atoms with E-state index in [-0.39, 0.29) is 0 Å². The van der Waals surface area contributed by atoms with Gasteiger partial charge in [-0.05, 0) is 63.0 Å². The Labute approximate surface area is 116 Å². The van der Waals surface area contributed by atoms with Gasteiger partial charge in [0.1, 0.15) is 5.82 Å². The van der Waals surface area contributed by atoms with Crippen LogP contribution in [0.5, 0.6) is 0 Å². The van der Waals surface area contributed by atoms with Gasteiger partial charge in [0.2, 0.25) is 0 Å². The lowest BCUT2D eigenvalue weighted by atomic mass is 9.94. The van der Waals surface area contributed by atoms with Gasteiger partial charge in [0.25, 0.3) is 0 Å². The minimum Gasteiger partial charge on any atom is -0.356 e. The Morgan fingerprint density at radius 1 is 1.32 bits per heavy atom. The molecule has 1 heterocycles. The zero-order valence-electron chi connectivity index (χ0n) is 12.0. The molecule has 0 unspecified atom stereocenters. The van der Waals surface area contributed by atoms with Gasteiger partial charge in [-0.1, -0.05) is 0 Å². The predicted molar refractivity (Wildman–Crippen MR) is 79.4 cm³/mol. The van der Waals surface area contributed by atoms with Crippen LogP contribution >= 0.6 is 0 Å². The van der Waals surface area contributed by atoms with E-state index < -0.39 is 0 Å². The second kappa shape index (κ2) is 5.49. The monoisotopic (exact) mass is 259 g/mol. The largest absolute Gasteiger partial charge is 0.356 e. The Bertz CT molecular complexity index is 452. The van der Waals surface area contributed by atoms with E-state index in [0.717, 1.165) is 31.2 Å². The minimum atomic E-state index is 0.608. The van der Waals surface area contributed by atoms with Crippen LogP contribution in [0.15, 0.2) is 6.07 Å². The number of nitrogens with two attached hydrogens (primary N) is 1. The van der Waals surface area contributed by atoms with Crippen LogP contribution in [0, 0.1) is 5.92 Å². The lowest BCUT2D eigenvalue weighted by molar-refractivity contribution is 0.657. The fourth-order valence-electron chi connectivity index (χ4n) is 3.07. The summed E-state index contributed by atoms with van der Waals surface area (Å²) in [7, 11) is 0. The lowest BCUT2D eigenvalue weighted by Crippen LogP contribution is -2.28. The van der Waals surface area contributed by atoms with Crippen molar-refractivity contribution in [2.24, 2.45) is 11.7 Å². The van der Waals surface area contributed by atoms with Gasteiger partial charge < -0.3 is 10.6 Å². The standard InChI is InChI=1S/C16H25N3/c1-2-19(11-12-7-8-12)16-14(10-17)9-13-5-3-4-6-15(13)18-16/h9,12H,2-8,10-11,17H2,1H3. The Hall–Kier alpha value is -1.09. The summed E-state index contributed by atoms with van der Waals surface area (Å²) < 4.78 is 0. The van der Waals surface area contributed by atoms with E-state index in [1.54, 1.807) is 0 Å². The zero-order chi connectivity index (χ0) is 13.2. The molecule has 0 aliphatic heterocycles. The van der Waals surface area contributed by atoms with Crippen LogP contribution < -0.4 is 10.6 Å². The number of hydrogen-bond donors (Lipinski definition) is 1. The summed E-state index contributed by atoms with van der Waals surface area (Å²) in [6, 6.07) is 2.33. The third-order valence-electron chi connectivity index (χ3n) is 4.43. The van der Waals surface area contributed by atoms with Gasteiger partial charge in [0.15, 0.2) is 0 Å². The molecule has 0 bridgehead atoms. The van der Waals surface area contributed by atoms with Crippen molar-refractivity contribution in [1.29, 1.82) is 0 Å². The SMILES string of the molecule is CCN(CC1CC1)c1nc2c(cc1CN)CCCC2. The minimum absolute atomic E-state index is 0.608. The summed E-state index contributed by atoms with van der Waals surface area (Å²) in [5.41, 5.74) is 9.96. The molecule has 1 saturated carbocycles. The number of hydrogen-bond acceptors (Lipinski definition) is 3. The molecular formula is C16H25N3. The van der Waals surface area contributed by atoms with Crippen LogP contribution in [0.25, 0.3) is 0 Å². The number of anilines is 1. The Morgan fingerprint density at radius 3 is 2.79 bits per heavy atom. The first-order chi connectivity index (χ1) is 9.31. The topological polar surface area (TPSA) is 42.2 Å². The van der Waals surface area contributed by atoms with Gasteiger partial charge in [-0.2, -0.15) is 0 Å². The van der Waals surface area contributed by atoms with Crippen molar-refractivity contribution in [2.75, 3.05) is 18.0 Å². The molecule has 3 rings (SSSR count). The highest BCUT2D eigenvalue weighted by Gasteiger charge is 2.26. The lowest BCUT2D eigenvalue weighted by Gasteiger charge is -2.27. The first kappa shape index (κ1) is 12.9. The molecule has 1 aromatic rings. The molecule has 0 saturated heterocycles. The highest BCUT2D eigenvalue weighted by atomic mass is 15.2. The molecule has 0 atom stereocenters. The number of aromatic nitrogens is 1. The van der Waals surface area contributed by atoms with E-state index in [0.29, 0.717) is 6.54 Å². The van der Waals surface area contributed by atoms with Crippen LogP contribution in [-0.2, 0) is 19.4 Å². The van der Waals surface area contributed by atoms with Crippen LogP contribution in [0.1, 0.15) is 49.4 Å². The van der Waals surface area contributed by atoms with Crippen molar-refractivity contribution in [3.63, 3.8) is 0 Å². The van der Waals surface area contributed by atoms with Gasteiger partial charge >= 0.3 is 0 Å². The quantitative estimate of drug-likeness (QED) is 0.884. The number of pyridine rings is 1. The van der Waals surface area contributed by atoms with Crippen molar-refractivity contribution in [2.45, 2.75) is 52.0 Å². The molecule has 0 amide bonds. The third-order valence-corrected chi connectivity index (χ3v) is 4.43. The molecule has 2 aliphatic carbocycles. The van der Waals surface area contributed by atoms with Gasteiger partial charge in [-0.15, -0.1) is 0 Å². The first-order valence-corrected chi connectivity index (χ1v) is 7.78. The van der Waals surface area contributed by atoms with E-state index >= 15 is 0 Å². The Morgan fingerprint density at radius 2 is 2.11 bits per heavy atom. The molecule has 0 spiro atoms. The maximum absolute atomic E-state index is 5.96. The van der Waals surface area contributed by atoms with Crippen molar-refractivity contribution in [3.05, 3.63) is 22.9 Å². The summed E-state index contributed by atoms with van der Waals surface area (Å²) in [6.07, 6.45) is 7.70. The van der Waals surface area contributed by atoms with Crippen molar-refractivity contribution in [1.82, 2.24) is 4.98 Å².